The second-order valence-corrected chi connectivity index (χ2v) is 5.87. The molecule has 1 aliphatic heterocycles. The second kappa shape index (κ2) is 5.19. The van der Waals surface area contributed by atoms with Gasteiger partial charge in [0.15, 0.2) is 0 Å². The largest absolute Gasteiger partial charge is 0.316 e. The summed E-state index contributed by atoms with van der Waals surface area (Å²) in [5.41, 5.74) is 3.06. The monoisotopic (exact) mass is 232 g/mol. The zero-order valence-electron chi connectivity index (χ0n) is 11.2. The van der Waals surface area contributed by atoms with E-state index in [1.807, 2.05) is 0 Å². The average Bonchev–Trinajstić information content (AvgIpc) is 2.29. The fraction of sp³-hybridized carbons (Fsp3) is 0.600. The molecule has 1 heterocycles. The van der Waals surface area contributed by atoms with Crippen LogP contribution in [0.3, 0.4) is 0 Å². The van der Waals surface area contributed by atoms with Crippen LogP contribution in [0.25, 0.3) is 0 Å². The van der Waals surface area contributed by atoms with Gasteiger partial charge in [-0.2, -0.15) is 0 Å². The van der Waals surface area contributed by atoms with Gasteiger partial charge in [-0.3, -0.25) is 0 Å². The van der Waals surface area contributed by atoms with E-state index in [-0.39, 0.29) is 0 Å². The molecular formula is C15H24N2. The number of piperidine rings is 1. The van der Waals surface area contributed by atoms with Crippen LogP contribution < -0.4 is 10.6 Å². The maximum absolute atomic E-state index is 3.71. The molecule has 1 aliphatic rings. The SMILES string of the molecule is Cc1ccc(CNC2CCNCC2(C)C)cc1. The number of nitrogens with one attached hydrogen (secondary N) is 2. The number of hydrogen-bond donors (Lipinski definition) is 2. The van der Waals surface area contributed by atoms with Gasteiger partial charge in [0.05, 0.1) is 0 Å². The summed E-state index contributed by atoms with van der Waals surface area (Å²) < 4.78 is 0. The van der Waals surface area contributed by atoms with Crippen molar-refractivity contribution in [2.75, 3.05) is 13.1 Å². The molecule has 2 nitrogen and oxygen atoms in total. The molecule has 0 bridgehead atoms. The lowest BCUT2D eigenvalue weighted by molar-refractivity contribution is 0.184. The zero-order chi connectivity index (χ0) is 12.3. The van der Waals surface area contributed by atoms with Crippen molar-refractivity contribution < 1.29 is 0 Å². The van der Waals surface area contributed by atoms with Crippen LogP contribution in [0.5, 0.6) is 0 Å². The Hall–Kier alpha value is -0.860. The minimum Gasteiger partial charge on any atom is -0.316 e. The van der Waals surface area contributed by atoms with Crippen LogP contribution in [-0.2, 0) is 6.54 Å². The first-order valence-corrected chi connectivity index (χ1v) is 6.57. The highest BCUT2D eigenvalue weighted by atomic mass is 15.0. The quantitative estimate of drug-likeness (QED) is 0.836. The van der Waals surface area contributed by atoms with E-state index in [2.05, 4.69) is 55.7 Å². The van der Waals surface area contributed by atoms with Crippen molar-refractivity contribution in [1.29, 1.82) is 0 Å². The van der Waals surface area contributed by atoms with E-state index in [1.165, 1.54) is 17.5 Å². The first kappa shape index (κ1) is 12.6. The molecule has 0 aromatic heterocycles. The molecule has 0 aliphatic carbocycles. The Labute approximate surface area is 105 Å². The zero-order valence-corrected chi connectivity index (χ0v) is 11.2. The predicted molar refractivity (Wildman–Crippen MR) is 73.1 cm³/mol. The van der Waals surface area contributed by atoms with Crippen LogP contribution in [0, 0.1) is 12.3 Å². The van der Waals surface area contributed by atoms with E-state index in [0.717, 1.165) is 19.6 Å². The van der Waals surface area contributed by atoms with E-state index in [9.17, 15) is 0 Å². The molecule has 2 heteroatoms. The third kappa shape index (κ3) is 3.30. The van der Waals surface area contributed by atoms with E-state index in [0.29, 0.717) is 11.5 Å². The first-order valence-electron chi connectivity index (χ1n) is 6.57. The van der Waals surface area contributed by atoms with E-state index in [1.54, 1.807) is 0 Å². The highest BCUT2D eigenvalue weighted by molar-refractivity contribution is 5.21. The molecule has 2 N–H and O–H groups in total. The molecule has 1 atom stereocenters. The lowest BCUT2D eigenvalue weighted by atomic mass is 9.80. The Bertz CT molecular complexity index is 354. The molecule has 0 saturated carbocycles. The van der Waals surface area contributed by atoms with Crippen LogP contribution in [0.2, 0.25) is 0 Å². The van der Waals surface area contributed by atoms with E-state index >= 15 is 0 Å². The Morgan fingerprint density at radius 3 is 2.65 bits per heavy atom. The molecular weight excluding hydrogens is 208 g/mol. The van der Waals surface area contributed by atoms with Crippen molar-refractivity contribution in [3.05, 3.63) is 35.4 Å². The average molecular weight is 232 g/mol. The van der Waals surface area contributed by atoms with Crippen LogP contribution in [0.1, 0.15) is 31.4 Å². The van der Waals surface area contributed by atoms with Crippen LogP contribution in [0.4, 0.5) is 0 Å². The highest BCUT2D eigenvalue weighted by Gasteiger charge is 2.31. The standard InChI is InChI=1S/C15H24N2/c1-12-4-6-13(7-5-12)10-17-14-8-9-16-11-15(14,2)3/h4-7,14,16-17H,8-11H2,1-3H3. The van der Waals surface area contributed by atoms with E-state index in [4.69, 9.17) is 0 Å². The van der Waals surface area contributed by atoms with Crippen molar-refractivity contribution in [2.24, 2.45) is 5.41 Å². The van der Waals surface area contributed by atoms with Gasteiger partial charge in [-0.1, -0.05) is 43.7 Å². The van der Waals surface area contributed by atoms with Gasteiger partial charge in [0.2, 0.25) is 0 Å². The van der Waals surface area contributed by atoms with Crippen LogP contribution in [-0.4, -0.2) is 19.1 Å². The lowest BCUT2D eigenvalue weighted by Gasteiger charge is -2.39. The molecule has 1 fully saturated rings. The van der Waals surface area contributed by atoms with Gasteiger partial charge in [-0.25, -0.2) is 0 Å². The Kier molecular flexibility index (Phi) is 3.85. The van der Waals surface area contributed by atoms with Gasteiger partial charge >= 0.3 is 0 Å². The molecule has 2 rings (SSSR count). The topological polar surface area (TPSA) is 24.1 Å². The third-order valence-electron chi connectivity index (χ3n) is 3.81. The van der Waals surface area contributed by atoms with Gasteiger partial charge in [-0.05, 0) is 30.9 Å². The normalized spacial score (nSPS) is 23.6. The first-order chi connectivity index (χ1) is 8.08. The van der Waals surface area contributed by atoms with Crippen molar-refractivity contribution in [2.45, 2.75) is 39.8 Å². The number of hydrogen-bond acceptors (Lipinski definition) is 2. The molecule has 1 unspecified atom stereocenters. The Balaban J connectivity index is 1.91. The molecule has 17 heavy (non-hydrogen) atoms. The summed E-state index contributed by atoms with van der Waals surface area (Å²) in [6.07, 6.45) is 1.22. The molecule has 1 aromatic rings. The van der Waals surface area contributed by atoms with Crippen molar-refractivity contribution >= 4 is 0 Å². The Morgan fingerprint density at radius 2 is 2.00 bits per heavy atom. The van der Waals surface area contributed by atoms with Gasteiger partial charge in [-0.15, -0.1) is 0 Å². The van der Waals surface area contributed by atoms with Gasteiger partial charge in [0.1, 0.15) is 0 Å². The van der Waals surface area contributed by atoms with Crippen molar-refractivity contribution in [3.8, 4) is 0 Å². The lowest BCUT2D eigenvalue weighted by Crippen LogP contribution is -2.52. The number of aryl methyl sites for hydroxylation is 1. The van der Waals surface area contributed by atoms with Crippen molar-refractivity contribution in [1.82, 2.24) is 10.6 Å². The maximum Gasteiger partial charge on any atom is 0.0208 e. The second-order valence-electron chi connectivity index (χ2n) is 5.87. The van der Waals surface area contributed by atoms with Gasteiger partial charge in [0.25, 0.3) is 0 Å². The highest BCUT2D eigenvalue weighted by Crippen LogP contribution is 2.25. The summed E-state index contributed by atoms with van der Waals surface area (Å²) in [5, 5.41) is 7.18. The minimum absolute atomic E-state index is 0.350. The summed E-state index contributed by atoms with van der Waals surface area (Å²) in [7, 11) is 0. The molecule has 0 spiro atoms. The van der Waals surface area contributed by atoms with Gasteiger partial charge < -0.3 is 10.6 Å². The molecule has 0 radical (unpaired) electrons. The van der Waals surface area contributed by atoms with Gasteiger partial charge in [0, 0.05) is 19.1 Å². The smallest absolute Gasteiger partial charge is 0.0208 e. The summed E-state index contributed by atoms with van der Waals surface area (Å²) in [4.78, 5) is 0. The minimum atomic E-state index is 0.350. The fourth-order valence-electron chi connectivity index (χ4n) is 2.50. The number of benzene rings is 1. The number of rotatable bonds is 3. The third-order valence-corrected chi connectivity index (χ3v) is 3.81. The summed E-state index contributed by atoms with van der Waals surface area (Å²) in [6.45, 7) is 10.0. The maximum atomic E-state index is 3.71. The van der Waals surface area contributed by atoms with Crippen LogP contribution >= 0.6 is 0 Å². The fourth-order valence-corrected chi connectivity index (χ4v) is 2.50. The van der Waals surface area contributed by atoms with E-state index < -0.39 is 0 Å². The van der Waals surface area contributed by atoms with Crippen molar-refractivity contribution in [3.63, 3.8) is 0 Å². The molecule has 1 saturated heterocycles. The molecule has 1 aromatic carbocycles. The predicted octanol–water partition coefficient (Wildman–Crippen LogP) is 2.47. The van der Waals surface area contributed by atoms with Crippen LogP contribution in [0.15, 0.2) is 24.3 Å². The Morgan fingerprint density at radius 1 is 1.29 bits per heavy atom. The summed E-state index contributed by atoms with van der Waals surface area (Å²) >= 11 is 0. The molecule has 94 valence electrons. The summed E-state index contributed by atoms with van der Waals surface area (Å²) in [6, 6.07) is 9.42. The summed E-state index contributed by atoms with van der Waals surface area (Å²) in [5.74, 6) is 0. The molecule has 0 amide bonds.